The molecule has 0 radical (unpaired) electrons. The van der Waals surface area contributed by atoms with E-state index in [4.69, 9.17) is 0 Å². The predicted octanol–water partition coefficient (Wildman–Crippen LogP) is 4.08. The van der Waals surface area contributed by atoms with Crippen LogP contribution >= 0.6 is 0 Å². The Bertz CT molecular complexity index is 533. The third-order valence-corrected chi connectivity index (χ3v) is 3.47. The number of nitrogens with zero attached hydrogens (tertiary/aromatic N) is 2. The van der Waals surface area contributed by atoms with Gasteiger partial charge in [0.1, 0.15) is 0 Å². The first-order chi connectivity index (χ1) is 9.19. The zero-order chi connectivity index (χ0) is 13.8. The predicted molar refractivity (Wildman–Crippen MR) is 81.1 cm³/mol. The van der Waals surface area contributed by atoms with Crippen molar-refractivity contribution in [3.05, 3.63) is 41.2 Å². The second kappa shape index (κ2) is 5.91. The van der Waals surface area contributed by atoms with Gasteiger partial charge in [-0.25, -0.2) is 4.98 Å². The van der Waals surface area contributed by atoms with Gasteiger partial charge in [0, 0.05) is 18.4 Å². The number of imidazole rings is 1. The summed E-state index contributed by atoms with van der Waals surface area (Å²) in [5.74, 6) is 0.940. The molecule has 102 valence electrons. The summed E-state index contributed by atoms with van der Waals surface area (Å²) in [6.07, 6.45) is 4.15. The molecule has 3 heteroatoms. The van der Waals surface area contributed by atoms with Crippen molar-refractivity contribution in [2.75, 3.05) is 5.32 Å². The van der Waals surface area contributed by atoms with Crippen LogP contribution in [0.15, 0.2) is 24.4 Å². The summed E-state index contributed by atoms with van der Waals surface area (Å²) in [5, 5.41) is 3.54. The maximum Gasteiger partial charge on any atom is 0.207 e. The number of aromatic nitrogens is 2. The largest absolute Gasteiger partial charge is 0.325 e. The van der Waals surface area contributed by atoms with Crippen molar-refractivity contribution >= 4 is 11.6 Å². The van der Waals surface area contributed by atoms with Gasteiger partial charge in [-0.2, -0.15) is 0 Å². The first kappa shape index (κ1) is 13.7. The van der Waals surface area contributed by atoms with E-state index in [1.165, 1.54) is 16.8 Å². The Morgan fingerprint density at radius 2 is 1.74 bits per heavy atom. The summed E-state index contributed by atoms with van der Waals surface area (Å²) in [5.41, 5.74) is 4.98. The first-order valence-corrected chi connectivity index (χ1v) is 7.11. The zero-order valence-electron chi connectivity index (χ0n) is 12.3. The highest BCUT2D eigenvalue weighted by molar-refractivity contribution is 5.64. The van der Waals surface area contributed by atoms with Crippen LogP contribution in [-0.4, -0.2) is 9.55 Å². The van der Waals surface area contributed by atoms with Crippen molar-refractivity contribution in [1.82, 2.24) is 9.55 Å². The van der Waals surface area contributed by atoms with Crippen molar-refractivity contribution in [2.24, 2.45) is 0 Å². The minimum absolute atomic E-state index is 0.929. The van der Waals surface area contributed by atoms with Crippen LogP contribution in [0.25, 0.3) is 0 Å². The van der Waals surface area contributed by atoms with Crippen molar-refractivity contribution < 1.29 is 0 Å². The van der Waals surface area contributed by atoms with Crippen molar-refractivity contribution in [1.29, 1.82) is 0 Å². The van der Waals surface area contributed by atoms with Crippen LogP contribution in [0.1, 0.15) is 37.6 Å². The molecule has 0 fully saturated rings. The van der Waals surface area contributed by atoms with Gasteiger partial charge < -0.3 is 9.88 Å². The van der Waals surface area contributed by atoms with Gasteiger partial charge in [0.25, 0.3) is 0 Å². The van der Waals surface area contributed by atoms with E-state index in [0.717, 1.165) is 31.0 Å². The molecule has 3 nitrogen and oxygen atoms in total. The van der Waals surface area contributed by atoms with Gasteiger partial charge in [-0.1, -0.05) is 32.0 Å². The molecule has 1 N–H and O–H groups in total. The van der Waals surface area contributed by atoms with Crippen molar-refractivity contribution in [3.63, 3.8) is 0 Å². The van der Waals surface area contributed by atoms with Crippen LogP contribution in [0.5, 0.6) is 0 Å². The molecule has 0 amide bonds. The smallest absolute Gasteiger partial charge is 0.207 e. The van der Waals surface area contributed by atoms with Crippen LogP contribution < -0.4 is 5.32 Å². The van der Waals surface area contributed by atoms with Gasteiger partial charge >= 0.3 is 0 Å². The normalized spacial score (nSPS) is 10.7. The molecule has 1 aromatic heterocycles. The van der Waals surface area contributed by atoms with Crippen LogP contribution in [-0.2, 0) is 19.4 Å². The number of benzene rings is 1. The second-order valence-electron chi connectivity index (χ2n) is 4.78. The fourth-order valence-electron chi connectivity index (χ4n) is 2.40. The van der Waals surface area contributed by atoms with Crippen molar-refractivity contribution in [3.8, 4) is 0 Å². The minimum atomic E-state index is 0.929. The highest BCUT2D eigenvalue weighted by Crippen LogP contribution is 2.26. The van der Waals surface area contributed by atoms with E-state index >= 15 is 0 Å². The van der Waals surface area contributed by atoms with Crippen LogP contribution in [0, 0.1) is 6.92 Å². The quantitative estimate of drug-likeness (QED) is 0.874. The molecule has 0 unspecified atom stereocenters. The number of rotatable bonds is 5. The van der Waals surface area contributed by atoms with E-state index in [0.29, 0.717) is 0 Å². The van der Waals surface area contributed by atoms with Gasteiger partial charge in [0.05, 0.1) is 5.69 Å². The number of hydrogen-bond donors (Lipinski definition) is 1. The highest BCUT2D eigenvalue weighted by Gasteiger charge is 2.10. The number of para-hydroxylation sites is 1. The van der Waals surface area contributed by atoms with Crippen molar-refractivity contribution in [2.45, 2.75) is 47.1 Å². The topological polar surface area (TPSA) is 29.9 Å². The molecular formula is C16H23N3. The van der Waals surface area contributed by atoms with E-state index in [1.807, 2.05) is 6.92 Å². The van der Waals surface area contributed by atoms with Gasteiger partial charge in [0.15, 0.2) is 0 Å². The minimum Gasteiger partial charge on any atom is -0.325 e. The van der Waals surface area contributed by atoms with Crippen LogP contribution in [0.3, 0.4) is 0 Å². The van der Waals surface area contributed by atoms with E-state index in [1.54, 1.807) is 0 Å². The molecule has 0 aliphatic carbocycles. The molecule has 19 heavy (non-hydrogen) atoms. The summed E-state index contributed by atoms with van der Waals surface area (Å²) in [6, 6.07) is 6.52. The Hall–Kier alpha value is -1.77. The molecule has 0 aliphatic heterocycles. The summed E-state index contributed by atoms with van der Waals surface area (Å²) < 4.78 is 2.15. The Kier molecular flexibility index (Phi) is 4.25. The molecule has 2 aromatic rings. The Balaban J connectivity index is 2.41. The molecule has 0 spiro atoms. The Morgan fingerprint density at radius 1 is 1.11 bits per heavy atom. The maximum atomic E-state index is 4.58. The number of nitrogens with one attached hydrogen (secondary N) is 1. The average molecular weight is 257 g/mol. The van der Waals surface area contributed by atoms with Crippen LogP contribution in [0.2, 0.25) is 0 Å². The molecule has 0 aliphatic rings. The molecule has 0 atom stereocenters. The summed E-state index contributed by atoms with van der Waals surface area (Å²) in [6.45, 7) is 9.48. The summed E-state index contributed by atoms with van der Waals surface area (Å²) >= 11 is 0. The number of aryl methyl sites for hydroxylation is 4. The second-order valence-corrected chi connectivity index (χ2v) is 4.78. The summed E-state index contributed by atoms with van der Waals surface area (Å²) in [4.78, 5) is 4.58. The summed E-state index contributed by atoms with van der Waals surface area (Å²) in [7, 11) is 0. The van der Waals surface area contributed by atoms with Gasteiger partial charge in [-0.15, -0.1) is 0 Å². The fraction of sp³-hybridized carbons (Fsp3) is 0.438. The SMILES string of the molecule is CCc1cccc(CC)c1Nc1nc(C)cn1CC. The number of anilines is 2. The van der Waals surface area contributed by atoms with Gasteiger partial charge in [0.2, 0.25) is 5.95 Å². The molecular weight excluding hydrogens is 234 g/mol. The monoisotopic (exact) mass is 257 g/mol. The van der Waals surface area contributed by atoms with Crippen LogP contribution in [0.4, 0.5) is 11.6 Å². The molecule has 0 saturated heterocycles. The maximum absolute atomic E-state index is 4.58. The molecule has 1 heterocycles. The standard InChI is InChI=1S/C16H23N3/c1-5-13-9-8-10-14(6-2)15(13)18-16-17-12(4)11-19(16)7-3/h8-11H,5-7H2,1-4H3,(H,17,18). The first-order valence-electron chi connectivity index (χ1n) is 7.11. The Labute approximate surface area is 115 Å². The van der Waals surface area contributed by atoms with E-state index in [-0.39, 0.29) is 0 Å². The molecule has 0 saturated carbocycles. The third kappa shape index (κ3) is 2.80. The highest BCUT2D eigenvalue weighted by atomic mass is 15.2. The van der Waals surface area contributed by atoms with E-state index in [9.17, 15) is 0 Å². The van der Waals surface area contributed by atoms with Gasteiger partial charge in [-0.3, -0.25) is 0 Å². The lowest BCUT2D eigenvalue weighted by Gasteiger charge is -2.15. The van der Waals surface area contributed by atoms with E-state index < -0.39 is 0 Å². The zero-order valence-corrected chi connectivity index (χ0v) is 12.3. The number of hydrogen-bond acceptors (Lipinski definition) is 2. The average Bonchev–Trinajstić information content (AvgIpc) is 2.79. The van der Waals surface area contributed by atoms with Gasteiger partial charge in [-0.05, 0) is 37.8 Å². The molecule has 1 aromatic carbocycles. The van der Waals surface area contributed by atoms with E-state index in [2.05, 4.69) is 60.0 Å². The molecule has 2 rings (SSSR count). The third-order valence-electron chi connectivity index (χ3n) is 3.47. The lowest BCUT2D eigenvalue weighted by Crippen LogP contribution is -2.05. The molecule has 0 bridgehead atoms. The lowest BCUT2D eigenvalue weighted by atomic mass is 10.0. The lowest BCUT2D eigenvalue weighted by molar-refractivity contribution is 0.770. The Morgan fingerprint density at radius 3 is 2.26 bits per heavy atom. The fourth-order valence-corrected chi connectivity index (χ4v) is 2.40.